The van der Waals surface area contributed by atoms with E-state index in [1.165, 1.54) is 30.6 Å². The summed E-state index contributed by atoms with van der Waals surface area (Å²) >= 11 is 0. The highest BCUT2D eigenvalue weighted by molar-refractivity contribution is 5.79. The molecular weight excluding hydrogens is 400 g/mol. The Balaban J connectivity index is 1.24. The Kier molecular flexibility index (Phi) is 7.74. The summed E-state index contributed by atoms with van der Waals surface area (Å²) in [5, 5.41) is 15.7. The third-order valence-corrected chi connectivity index (χ3v) is 6.06. The fourth-order valence-electron chi connectivity index (χ4n) is 4.42. The van der Waals surface area contributed by atoms with E-state index in [-0.39, 0.29) is 0 Å². The molecule has 8 nitrogen and oxygen atoms in total. The van der Waals surface area contributed by atoms with Gasteiger partial charge in [-0.15, -0.1) is 10.2 Å². The Bertz CT molecular complexity index is 1030. The van der Waals surface area contributed by atoms with Gasteiger partial charge >= 0.3 is 0 Å². The zero-order valence-electron chi connectivity index (χ0n) is 19.5. The molecular formula is C24H36N8. The van der Waals surface area contributed by atoms with E-state index in [1.807, 2.05) is 6.07 Å². The molecule has 0 atom stereocenters. The molecule has 0 spiro atoms. The second-order valence-electron chi connectivity index (χ2n) is 8.44. The van der Waals surface area contributed by atoms with Crippen LogP contribution in [0, 0.1) is 6.92 Å². The van der Waals surface area contributed by atoms with E-state index >= 15 is 0 Å². The average Bonchev–Trinajstić information content (AvgIpc) is 3.23. The van der Waals surface area contributed by atoms with E-state index in [2.05, 4.69) is 67.0 Å². The van der Waals surface area contributed by atoms with Crippen molar-refractivity contribution in [2.24, 2.45) is 4.99 Å². The van der Waals surface area contributed by atoms with Gasteiger partial charge in [0.2, 0.25) is 0 Å². The van der Waals surface area contributed by atoms with Crippen molar-refractivity contribution >= 4 is 17.0 Å². The average molecular weight is 437 g/mol. The molecule has 0 radical (unpaired) electrons. The Labute approximate surface area is 190 Å². The van der Waals surface area contributed by atoms with Gasteiger partial charge in [-0.25, -0.2) is 4.98 Å². The lowest BCUT2D eigenvalue weighted by molar-refractivity contribution is 0.593. The third-order valence-electron chi connectivity index (χ3n) is 6.06. The van der Waals surface area contributed by atoms with Crippen molar-refractivity contribution in [1.82, 2.24) is 34.9 Å². The van der Waals surface area contributed by atoms with Crippen LogP contribution in [0.4, 0.5) is 0 Å². The van der Waals surface area contributed by atoms with Crippen molar-refractivity contribution in [2.45, 2.75) is 71.9 Å². The van der Waals surface area contributed by atoms with Crippen LogP contribution in [0.25, 0.3) is 11.0 Å². The zero-order chi connectivity index (χ0) is 22.2. The molecule has 0 fully saturated rings. The molecule has 1 aliphatic heterocycles. The molecule has 1 aromatic carbocycles. The van der Waals surface area contributed by atoms with E-state index in [9.17, 15) is 0 Å². The van der Waals surface area contributed by atoms with Crippen molar-refractivity contribution in [3.05, 3.63) is 41.7 Å². The lowest BCUT2D eigenvalue weighted by Crippen LogP contribution is -2.38. The molecule has 4 rings (SSSR count). The van der Waals surface area contributed by atoms with Crippen LogP contribution < -0.4 is 10.6 Å². The van der Waals surface area contributed by atoms with Crippen LogP contribution in [0.15, 0.2) is 29.3 Å². The number of fused-ring (bicyclic) bond motifs is 2. The molecule has 0 amide bonds. The predicted molar refractivity (Wildman–Crippen MR) is 129 cm³/mol. The number of benzene rings is 1. The maximum Gasteiger partial charge on any atom is 0.191 e. The molecule has 3 heterocycles. The highest BCUT2D eigenvalue weighted by Gasteiger charge is 2.14. The minimum absolute atomic E-state index is 0.777. The van der Waals surface area contributed by atoms with Crippen LogP contribution in [0.5, 0.6) is 0 Å². The second-order valence-corrected chi connectivity index (χ2v) is 8.44. The summed E-state index contributed by atoms with van der Waals surface area (Å²) in [6.07, 6.45) is 7.78. The number of imidazole rings is 1. The Morgan fingerprint density at radius 2 is 2.00 bits per heavy atom. The number of hydrogen-bond donors (Lipinski definition) is 2. The molecule has 32 heavy (non-hydrogen) atoms. The molecule has 0 bridgehead atoms. The maximum absolute atomic E-state index is 4.77. The molecule has 0 unspecified atom stereocenters. The quantitative estimate of drug-likeness (QED) is 0.306. The van der Waals surface area contributed by atoms with Gasteiger partial charge in [-0.3, -0.25) is 4.99 Å². The summed E-state index contributed by atoms with van der Waals surface area (Å²) in [5.41, 5.74) is 2.26. The largest absolute Gasteiger partial charge is 0.357 e. The number of rotatable bonds is 9. The second kappa shape index (κ2) is 11.1. The zero-order valence-corrected chi connectivity index (χ0v) is 19.5. The van der Waals surface area contributed by atoms with Gasteiger partial charge in [-0.2, -0.15) is 0 Å². The van der Waals surface area contributed by atoms with E-state index < -0.39 is 0 Å². The van der Waals surface area contributed by atoms with Crippen molar-refractivity contribution in [3.63, 3.8) is 0 Å². The van der Waals surface area contributed by atoms with Gasteiger partial charge in [0.15, 0.2) is 5.96 Å². The monoisotopic (exact) mass is 436 g/mol. The lowest BCUT2D eigenvalue weighted by Gasteiger charge is -2.12. The van der Waals surface area contributed by atoms with E-state index in [0.717, 1.165) is 81.5 Å². The molecule has 8 heteroatoms. The van der Waals surface area contributed by atoms with Gasteiger partial charge in [-0.1, -0.05) is 18.6 Å². The number of aromatic nitrogens is 5. The number of aryl methyl sites for hydroxylation is 4. The minimum atomic E-state index is 0.777. The van der Waals surface area contributed by atoms with Gasteiger partial charge < -0.3 is 19.8 Å². The number of guanidine groups is 1. The van der Waals surface area contributed by atoms with Gasteiger partial charge in [-0.05, 0) is 51.7 Å². The highest BCUT2D eigenvalue weighted by atomic mass is 15.3. The first-order chi connectivity index (χ1) is 15.8. The third kappa shape index (κ3) is 5.47. The van der Waals surface area contributed by atoms with E-state index in [4.69, 9.17) is 4.99 Å². The molecule has 1 aliphatic rings. The molecule has 0 aliphatic carbocycles. The fourth-order valence-corrected chi connectivity index (χ4v) is 4.42. The Morgan fingerprint density at radius 1 is 1.09 bits per heavy atom. The molecule has 0 saturated carbocycles. The number of para-hydroxylation sites is 2. The van der Waals surface area contributed by atoms with Crippen LogP contribution >= 0.6 is 0 Å². The molecule has 2 N–H and O–H groups in total. The molecule has 172 valence electrons. The van der Waals surface area contributed by atoms with Crippen LogP contribution in [0.2, 0.25) is 0 Å². The van der Waals surface area contributed by atoms with Gasteiger partial charge in [0, 0.05) is 45.6 Å². The van der Waals surface area contributed by atoms with Crippen LogP contribution in [-0.2, 0) is 25.9 Å². The summed E-state index contributed by atoms with van der Waals surface area (Å²) in [6, 6.07) is 8.32. The highest BCUT2D eigenvalue weighted by Crippen LogP contribution is 2.16. The molecule has 0 saturated heterocycles. The summed E-state index contributed by atoms with van der Waals surface area (Å²) in [4.78, 5) is 9.42. The van der Waals surface area contributed by atoms with Gasteiger partial charge in [0.1, 0.15) is 17.5 Å². The first-order valence-corrected chi connectivity index (χ1v) is 12.1. The van der Waals surface area contributed by atoms with Crippen molar-refractivity contribution in [1.29, 1.82) is 0 Å². The fraction of sp³-hybridized carbons (Fsp3) is 0.583. The number of aliphatic imine (C=N–C) groups is 1. The van der Waals surface area contributed by atoms with E-state index in [1.54, 1.807) is 0 Å². The number of nitrogens with zero attached hydrogens (tertiary/aromatic N) is 6. The van der Waals surface area contributed by atoms with Crippen LogP contribution in [-0.4, -0.2) is 49.9 Å². The van der Waals surface area contributed by atoms with Crippen LogP contribution in [0.1, 0.15) is 56.5 Å². The number of hydrogen-bond acceptors (Lipinski definition) is 4. The SMILES string of the molecule is CCNC(=NCCCn1c(C)nc2ccccc21)NCCCc1nnc2n1CCCCC2. The first-order valence-electron chi connectivity index (χ1n) is 12.1. The van der Waals surface area contributed by atoms with Gasteiger partial charge in [0.05, 0.1) is 11.0 Å². The predicted octanol–water partition coefficient (Wildman–Crippen LogP) is 3.24. The summed E-state index contributed by atoms with van der Waals surface area (Å²) < 4.78 is 4.63. The van der Waals surface area contributed by atoms with Gasteiger partial charge in [0.25, 0.3) is 0 Å². The van der Waals surface area contributed by atoms with Crippen molar-refractivity contribution < 1.29 is 0 Å². The maximum atomic E-state index is 4.77. The van der Waals surface area contributed by atoms with Crippen molar-refractivity contribution in [3.8, 4) is 0 Å². The minimum Gasteiger partial charge on any atom is -0.357 e. The first kappa shape index (κ1) is 22.3. The van der Waals surface area contributed by atoms with E-state index in [0.29, 0.717) is 0 Å². The molecule has 2 aromatic heterocycles. The number of nitrogens with one attached hydrogen (secondary N) is 2. The standard InChI is InChI=1S/C24H36N8/c1-3-25-24(26-15-9-14-23-30-29-22-13-5-4-8-17-32(22)23)27-16-10-18-31-19(2)28-20-11-6-7-12-21(20)31/h6-7,11-12H,3-5,8-10,13-18H2,1-2H3,(H2,25,26,27). The normalized spacial score (nSPS) is 14.4. The molecule has 3 aromatic rings. The summed E-state index contributed by atoms with van der Waals surface area (Å²) in [7, 11) is 0. The Morgan fingerprint density at radius 3 is 2.91 bits per heavy atom. The van der Waals surface area contributed by atoms with Crippen LogP contribution in [0.3, 0.4) is 0 Å². The summed E-state index contributed by atoms with van der Waals surface area (Å²) in [6.45, 7) is 8.67. The smallest absolute Gasteiger partial charge is 0.191 e. The topological polar surface area (TPSA) is 84.9 Å². The lowest BCUT2D eigenvalue weighted by atomic mass is 10.2. The van der Waals surface area contributed by atoms with Crippen molar-refractivity contribution in [2.75, 3.05) is 19.6 Å². The summed E-state index contributed by atoms with van der Waals surface area (Å²) in [5.74, 6) is 4.25. The Hall–Kier alpha value is -2.90.